The van der Waals surface area contributed by atoms with Gasteiger partial charge in [-0.1, -0.05) is 41.4 Å². The van der Waals surface area contributed by atoms with Crippen molar-refractivity contribution in [1.29, 1.82) is 0 Å². The third kappa shape index (κ3) is 12.7. The Morgan fingerprint density at radius 3 is 2.22 bits per heavy atom. The van der Waals surface area contributed by atoms with Crippen LogP contribution >= 0.6 is 23.2 Å². The number of carbonyl (C=O) groups is 3. The molecule has 60 heavy (non-hydrogen) atoms. The second kappa shape index (κ2) is 20.6. The molecule has 326 valence electrons. The van der Waals surface area contributed by atoms with E-state index in [2.05, 4.69) is 12.1 Å². The van der Waals surface area contributed by atoms with Crippen LogP contribution in [0.15, 0.2) is 54.6 Å². The van der Waals surface area contributed by atoms with Gasteiger partial charge in [-0.25, -0.2) is 4.79 Å². The minimum atomic E-state index is -0.666. The molecule has 0 spiro atoms. The number of esters is 1. The van der Waals surface area contributed by atoms with Crippen LogP contribution in [0.3, 0.4) is 0 Å². The highest BCUT2D eigenvalue weighted by Gasteiger charge is 2.45. The first kappa shape index (κ1) is 45.3. The van der Waals surface area contributed by atoms with E-state index >= 15 is 4.79 Å². The maximum Gasteiger partial charge on any atom is 0.410 e. The first-order valence-corrected chi connectivity index (χ1v) is 22.0. The Morgan fingerprint density at radius 2 is 1.55 bits per heavy atom. The summed E-state index contributed by atoms with van der Waals surface area (Å²) in [5.41, 5.74) is 3.37. The van der Waals surface area contributed by atoms with Crippen molar-refractivity contribution in [3.05, 3.63) is 86.9 Å². The van der Waals surface area contributed by atoms with Gasteiger partial charge >= 0.3 is 12.1 Å². The highest BCUT2D eigenvalue weighted by molar-refractivity contribution is 6.37. The Hall–Kier alpha value is -4.19. The fourth-order valence-electron chi connectivity index (χ4n) is 7.86. The molecule has 0 aromatic heterocycles. The molecule has 3 aliphatic rings. The Bertz CT molecular complexity index is 1920. The highest BCUT2D eigenvalue weighted by Crippen LogP contribution is 2.41. The topological polar surface area (TPSA) is 113 Å². The molecule has 3 fully saturated rings. The van der Waals surface area contributed by atoms with E-state index in [0.29, 0.717) is 60.9 Å². The summed E-state index contributed by atoms with van der Waals surface area (Å²) in [6, 6.07) is 17.8. The lowest BCUT2D eigenvalue weighted by Gasteiger charge is -2.40. The molecule has 0 unspecified atom stereocenters. The van der Waals surface area contributed by atoms with Gasteiger partial charge in [-0.05, 0) is 138 Å². The summed E-state index contributed by atoms with van der Waals surface area (Å²) in [5.74, 6) is 1.06. The van der Waals surface area contributed by atoms with Crippen LogP contribution in [0.4, 0.5) is 4.79 Å². The van der Waals surface area contributed by atoms with Crippen molar-refractivity contribution in [2.24, 2.45) is 17.8 Å². The van der Waals surface area contributed by atoms with Crippen molar-refractivity contribution in [3.63, 3.8) is 0 Å². The molecular weight excluding hydrogens is 807 g/mol. The zero-order valence-electron chi connectivity index (χ0n) is 35.8. The van der Waals surface area contributed by atoms with Gasteiger partial charge in [-0.2, -0.15) is 0 Å². The molecule has 2 aliphatic carbocycles. The number of halogens is 2. The lowest BCUT2D eigenvalue weighted by Crippen LogP contribution is -2.51. The van der Waals surface area contributed by atoms with Crippen molar-refractivity contribution >= 4 is 41.2 Å². The molecule has 3 aromatic carbocycles. The van der Waals surface area contributed by atoms with Gasteiger partial charge in [0, 0.05) is 45.3 Å². The SMILES string of the molecule is CCOC(=O)[C@@H]1C[C@H]1COc1cc(CCCOC)cc(CN(C(=O)[C@H]2CN(C(=O)OC(C)(C)C)CC[C@@H]2c2ccc(OCCOc3c(Cl)cc(C)cc3Cl)cc2)C2CC2)c1. The summed E-state index contributed by atoms with van der Waals surface area (Å²) >= 11 is 12.7. The standard InChI is InChI=1S/C47H60Cl2N2O9/c1-7-56-45(53)39-26-34(39)29-59-37-24-31(9-8-18-55-6)23-32(25-37)27-51(35-12-13-35)44(52)40-28-50(46(54)60-47(3,4)5)17-16-38(40)33-10-14-36(15-11-33)57-19-20-58-43-41(48)21-30(2)22-42(43)49/h10-11,14-15,21-25,34-35,38-40H,7-9,12-13,16-20,26-29H2,1-6H3/t34-,38+,39+,40-/m0/s1. The molecule has 3 aromatic rings. The number of ether oxygens (including phenoxy) is 6. The first-order chi connectivity index (χ1) is 28.7. The van der Waals surface area contributed by atoms with Crippen LogP contribution in [0.1, 0.15) is 88.0 Å². The Morgan fingerprint density at radius 1 is 0.850 bits per heavy atom. The van der Waals surface area contributed by atoms with Crippen molar-refractivity contribution < 1.29 is 42.8 Å². The average molecular weight is 868 g/mol. The van der Waals surface area contributed by atoms with Gasteiger partial charge in [0.05, 0.1) is 35.1 Å². The zero-order valence-corrected chi connectivity index (χ0v) is 37.3. The zero-order chi connectivity index (χ0) is 43.0. The summed E-state index contributed by atoms with van der Waals surface area (Å²) in [6.07, 6.45) is 4.43. The molecule has 0 bridgehead atoms. The normalized spacial score (nSPS) is 20.0. The van der Waals surface area contributed by atoms with Gasteiger partial charge in [0.1, 0.15) is 30.3 Å². The van der Waals surface area contributed by atoms with Gasteiger partial charge in [-0.3, -0.25) is 9.59 Å². The second-order valence-corrected chi connectivity index (χ2v) is 18.0. The predicted octanol–water partition coefficient (Wildman–Crippen LogP) is 9.45. The Balaban J connectivity index is 1.18. The third-order valence-corrected chi connectivity index (χ3v) is 11.6. The summed E-state index contributed by atoms with van der Waals surface area (Å²) in [4.78, 5) is 44.4. The van der Waals surface area contributed by atoms with E-state index in [1.807, 2.05) is 69.9 Å². The number of rotatable bonds is 19. The number of methoxy groups -OCH3 is 1. The lowest BCUT2D eigenvalue weighted by molar-refractivity contribution is -0.145. The fraction of sp³-hybridized carbons (Fsp3) is 0.553. The monoisotopic (exact) mass is 866 g/mol. The molecule has 4 atom stereocenters. The maximum atomic E-state index is 15.0. The summed E-state index contributed by atoms with van der Waals surface area (Å²) in [6.45, 7) is 12.4. The van der Waals surface area contributed by atoms with Gasteiger partial charge < -0.3 is 38.2 Å². The van der Waals surface area contributed by atoms with Gasteiger partial charge in [0.2, 0.25) is 5.91 Å². The van der Waals surface area contributed by atoms with Crippen molar-refractivity contribution in [3.8, 4) is 17.2 Å². The number of amides is 2. The van der Waals surface area contributed by atoms with E-state index in [4.69, 9.17) is 51.6 Å². The van der Waals surface area contributed by atoms with Crippen LogP contribution < -0.4 is 14.2 Å². The molecule has 11 nitrogen and oxygen atoms in total. The van der Waals surface area contributed by atoms with Gasteiger partial charge in [0.25, 0.3) is 0 Å². The molecule has 0 radical (unpaired) electrons. The highest BCUT2D eigenvalue weighted by atomic mass is 35.5. The van der Waals surface area contributed by atoms with E-state index in [1.165, 1.54) is 0 Å². The maximum absolute atomic E-state index is 15.0. The first-order valence-electron chi connectivity index (χ1n) is 21.2. The number of piperidine rings is 1. The smallest absolute Gasteiger partial charge is 0.410 e. The molecule has 1 heterocycles. The van der Waals surface area contributed by atoms with E-state index in [1.54, 1.807) is 24.1 Å². The molecule has 2 saturated carbocycles. The minimum absolute atomic E-state index is 0.0178. The molecule has 6 rings (SSSR count). The van der Waals surface area contributed by atoms with Crippen LogP contribution in [0.5, 0.6) is 17.2 Å². The van der Waals surface area contributed by atoms with Crippen LogP contribution in [-0.4, -0.2) is 92.6 Å². The Labute approximate surface area is 364 Å². The van der Waals surface area contributed by atoms with Crippen molar-refractivity contribution in [2.75, 3.05) is 53.2 Å². The number of carbonyl (C=O) groups excluding carboxylic acids is 3. The molecule has 1 aliphatic heterocycles. The quantitative estimate of drug-likeness (QED) is 0.0859. The minimum Gasteiger partial charge on any atom is -0.493 e. The summed E-state index contributed by atoms with van der Waals surface area (Å²) < 4.78 is 34.5. The number of likely N-dealkylation sites (tertiary alicyclic amines) is 1. The fourth-order valence-corrected chi connectivity index (χ4v) is 8.56. The van der Waals surface area contributed by atoms with E-state index in [9.17, 15) is 9.59 Å². The van der Waals surface area contributed by atoms with Crippen molar-refractivity contribution in [2.45, 2.75) is 97.2 Å². The molecule has 0 N–H and O–H groups in total. The molecule has 1 saturated heterocycles. The lowest BCUT2D eigenvalue weighted by atomic mass is 9.79. The molecule has 2 amide bonds. The van der Waals surface area contributed by atoms with Crippen LogP contribution in [0, 0.1) is 24.7 Å². The van der Waals surface area contributed by atoms with E-state index in [-0.39, 0.29) is 55.4 Å². The summed E-state index contributed by atoms with van der Waals surface area (Å²) in [5, 5.41) is 0.902. The Kier molecular flexibility index (Phi) is 15.6. The largest absolute Gasteiger partial charge is 0.493 e. The average Bonchev–Trinajstić information content (AvgIpc) is 4.14. The number of nitrogens with zero attached hydrogens (tertiary/aromatic N) is 2. The second-order valence-electron chi connectivity index (χ2n) is 17.2. The van der Waals surface area contributed by atoms with Crippen LogP contribution in [-0.2, 0) is 36.8 Å². The van der Waals surface area contributed by atoms with E-state index in [0.717, 1.165) is 60.1 Å². The van der Waals surface area contributed by atoms with Gasteiger partial charge in [-0.15, -0.1) is 0 Å². The van der Waals surface area contributed by atoms with Crippen molar-refractivity contribution in [1.82, 2.24) is 9.80 Å². The third-order valence-electron chi connectivity index (χ3n) is 11.1. The van der Waals surface area contributed by atoms with E-state index < -0.39 is 17.6 Å². The summed E-state index contributed by atoms with van der Waals surface area (Å²) in [7, 11) is 1.70. The van der Waals surface area contributed by atoms with Gasteiger partial charge in [0.15, 0.2) is 5.75 Å². The van der Waals surface area contributed by atoms with Crippen LogP contribution in [0.25, 0.3) is 0 Å². The number of benzene rings is 3. The molecule has 13 heteroatoms. The number of hydrogen-bond donors (Lipinski definition) is 0. The van der Waals surface area contributed by atoms with Crippen LogP contribution in [0.2, 0.25) is 10.0 Å². The molecular formula is C47H60Cl2N2O9. The predicted molar refractivity (Wildman–Crippen MR) is 231 cm³/mol. The number of aryl methyl sites for hydroxylation is 2. The number of hydrogen-bond acceptors (Lipinski definition) is 9.